The number of benzene rings is 2. The SMILES string of the molecule is COCCN1CCC(C(=O)NO)(S(=O)(=O)N2CCC(Oc3ccc(OC(F)(F)F)cc3)CC2)CC1.COCCN1CCC(C(=O)NOC2CCCCO2)(S(=O)(=O)N2CCC(Oc3ccc(OC(F)(F)F)cc3)CC2)CC1. The average molecular weight is 1140 g/mol. The molecule has 76 heavy (non-hydrogen) atoms. The third-order valence-corrected chi connectivity index (χ3v) is 19.3. The Hall–Kier alpha value is -4.30. The molecule has 5 saturated heterocycles. The first-order chi connectivity index (χ1) is 36.0. The van der Waals surface area contributed by atoms with Gasteiger partial charge in [0.2, 0.25) is 20.0 Å². The summed E-state index contributed by atoms with van der Waals surface area (Å²) < 4.78 is 164. The second-order valence-electron chi connectivity index (χ2n) is 18.9. The molecule has 5 fully saturated rings. The normalized spacial score (nSPS) is 21.9. The summed E-state index contributed by atoms with van der Waals surface area (Å²) in [6.07, 6.45) is -6.85. The van der Waals surface area contributed by atoms with Crippen LogP contribution in [0.2, 0.25) is 0 Å². The monoisotopic (exact) mass is 1130 g/mol. The molecule has 29 heteroatoms. The van der Waals surface area contributed by atoms with Crippen LogP contribution in [0, 0.1) is 0 Å². The highest BCUT2D eigenvalue weighted by Gasteiger charge is 2.57. The number of carbonyl (C=O) groups excluding carboxylic acids is 2. The van der Waals surface area contributed by atoms with Gasteiger partial charge in [0.1, 0.15) is 35.2 Å². The number of likely N-dealkylation sites (tertiary alicyclic amines) is 2. The molecule has 430 valence electrons. The molecule has 0 saturated carbocycles. The number of nitrogens with one attached hydrogen (secondary N) is 2. The Morgan fingerprint density at radius 3 is 1.33 bits per heavy atom. The van der Waals surface area contributed by atoms with Crippen LogP contribution >= 0.6 is 0 Å². The Kier molecular flexibility index (Phi) is 21.7. The average Bonchev–Trinajstić information content (AvgIpc) is 3.45. The summed E-state index contributed by atoms with van der Waals surface area (Å²) in [6, 6.07) is 10.0. The van der Waals surface area contributed by atoms with Crippen molar-refractivity contribution in [1.82, 2.24) is 29.4 Å². The first-order valence-corrected chi connectivity index (χ1v) is 27.9. The van der Waals surface area contributed by atoms with E-state index in [-0.39, 0.29) is 75.6 Å². The predicted octanol–water partition coefficient (Wildman–Crippen LogP) is 4.56. The van der Waals surface area contributed by atoms with Crippen LogP contribution in [0.5, 0.6) is 23.0 Å². The molecule has 1 atom stereocenters. The largest absolute Gasteiger partial charge is 0.573 e. The molecular weight excluding hydrogens is 1070 g/mol. The van der Waals surface area contributed by atoms with Crippen LogP contribution in [-0.4, -0.2) is 192 Å². The quantitative estimate of drug-likeness (QED) is 0.0937. The van der Waals surface area contributed by atoms with E-state index in [0.717, 1.165) is 37.1 Å². The van der Waals surface area contributed by atoms with Crippen molar-refractivity contribution in [1.29, 1.82) is 0 Å². The lowest BCUT2D eigenvalue weighted by molar-refractivity contribution is -0.275. The molecule has 0 bridgehead atoms. The van der Waals surface area contributed by atoms with Crippen LogP contribution in [-0.2, 0) is 48.7 Å². The minimum atomic E-state index is -4.79. The van der Waals surface area contributed by atoms with Crippen LogP contribution in [0.15, 0.2) is 48.5 Å². The van der Waals surface area contributed by atoms with Gasteiger partial charge in [-0.25, -0.2) is 41.2 Å². The maximum atomic E-state index is 14.1. The zero-order valence-corrected chi connectivity index (χ0v) is 44.0. The lowest BCUT2D eigenvalue weighted by atomic mass is 9.95. The maximum Gasteiger partial charge on any atom is 0.573 e. The molecule has 5 heterocycles. The Balaban J connectivity index is 0.000000250. The van der Waals surface area contributed by atoms with E-state index in [9.17, 15) is 58.0 Å². The fourth-order valence-electron chi connectivity index (χ4n) is 9.74. The number of amides is 2. The van der Waals surface area contributed by atoms with Gasteiger partial charge in [0.15, 0.2) is 15.8 Å². The highest BCUT2D eigenvalue weighted by molar-refractivity contribution is 7.91. The molecule has 0 radical (unpaired) electrons. The highest BCUT2D eigenvalue weighted by Crippen LogP contribution is 2.38. The summed E-state index contributed by atoms with van der Waals surface area (Å²) >= 11 is 0. The van der Waals surface area contributed by atoms with Gasteiger partial charge in [-0.15, -0.1) is 26.3 Å². The van der Waals surface area contributed by atoms with E-state index >= 15 is 0 Å². The number of alkyl halides is 6. The van der Waals surface area contributed by atoms with Crippen LogP contribution in [0.4, 0.5) is 26.3 Å². The number of halogens is 6. The number of carbonyl (C=O) groups is 2. The topological polar surface area (TPSA) is 234 Å². The summed E-state index contributed by atoms with van der Waals surface area (Å²) in [7, 11) is -5.02. The fraction of sp³-hybridized carbons (Fsp3) is 0.702. The minimum absolute atomic E-state index is 0.0359. The van der Waals surface area contributed by atoms with Gasteiger partial charge >= 0.3 is 12.7 Å². The van der Waals surface area contributed by atoms with E-state index in [0.29, 0.717) is 103 Å². The van der Waals surface area contributed by atoms with Crippen LogP contribution in [0.3, 0.4) is 0 Å². The summed E-state index contributed by atoms with van der Waals surface area (Å²) in [5, 5.41) is 9.30. The van der Waals surface area contributed by atoms with Crippen molar-refractivity contribution in [3.8, 4) is 23.0 Å². The van der Waals surface area contributed by atoms with E-state index in [4.69, 9.17) is 28.5 Å². The van der Waals surface area contributed by atoms with Gasteiger partial charge in [-0.1, -0.05) is 0 Å². The van der Waals surface area contributed by atoms with E-state index < -0.39 is 60.4 Å². The first kappa shape index (κ1) is 60.9. The molecule has 2 aromatic rings. The molecule has 2 aromatic carbocycles. The number of methoxy groups -OCH3 is 2. The molecule has 0 aliphatic carbocycles. The molecular formula is C47H68F6N6O15S2. The zero-order chi connectivity index (χ0) is 55.2. The van der Waals surface area contributed by atoms with Crippen LogP contribution < -0.4 is 29.9 Å². The Labute approximate surface area is 438 Å². The van der Waals surface area contributed by atoms with Gasteiger partial charge < -0.3 is 43.0 Å². The predicted molar refractivity (Wildman–Crippen MR) is 258 cm³/mol. The Bertz CT molecular complexity index is 2360. The van der Waals surface area contributed by atoms with Crippen molar-refractivity contribution >= 4 is 31.9 Å². The summed E-state index contributed by atoms with van der Waals surface area (Å²) in [6.45, 7) is 4.77. The van der Waals surface area contributed by atoms with Gasteiger partial charge in [0.05, 0.1) is 13.2 Å². The zero-order valence-electron chi connectivity index (χ0n) is 42.4. The summed E-state index contributed by atoms with van der Waals surface area (Å²) in [4.78, 5) is 35.7. The number of nitrogens with zero attached hydrogens (tertiary/aromatic N) is 4. The Morgan fingerprint density at radius 1 is 0.605 bits per heavy atom. The molecule has 3 N–H and O–H groups in total. The van der Waals surface area contributed by atoms with Crippen LogP contribution in [0.25, 0.3) is 0 Å². The van der Waals surface area contributed by atoms with Gasteiger partial charge in [-0.2, -0.15) is 0 Å². The molecule has 5 aliphatic heterocycles. The van der Waals surface area contributed by atoms with Gasteiger partial charge in [-0.3, -0.25) is 14.8 Å². The Morgan fingerprint density at radius 2 is 0.987 bits per heavy atom. The lowest BCUT2D eigenvalue weighted by Gasteiger charge is -2.43. The number of sulfonamides is 2. The third kappa shape index (κ3) is 16.2. The standard InChI is InChI=1S/C26H38F3N3O8S.C21H30F3N3O7S/c1-36-19-17-31-15-11-25(12-16-31,24(33)30-40-23-4-2-3-18-37-23)41(34,35)32-13-9-21(10-14-32)38-20-5-7-22(8-6-20)39-26(27,28)29;1-32-15-14-26-12-8-20(9-13-26,19(28)25-29)35(30,31)27-10-6-17(7-11-27)33-16-2-4-18(5-3-16)34-21(22,23)24/h5-8,21,23H,2-4,9-19H2,1H3,(H,30,33);2-5,17,29H,6-15H2,1H3,(H,25,28). The number of hydroxylamine groups is 2. The molecule has 21 nitrogen and oxygen atoms in total. The number of hydrogen-bond acceptors (Lipinski definition) is 17. The van der Waals surface area contributed by atoms with Crippen molar-refractivity contribution in [2.24, 2.45) is 0 Å². The van der Waals surface area contributed by atoms with Gasteiger partial charge in [0.25, 0.3) is 11.8 Å². The van der Waals surface area contributed by atoms with Crippen molar-refractivity contribution in [2.75, 3.05) is 99.5 Å². The van der Waals surface area contributed by atoms with Crippen molar-refractivity contribution < 1.29 is 96.0 Å². The number of rotatable bonds is 20. The van der Waals surface area contributed by atoms with E-state index in [1.54, 1.807) is 19.7 Å². The highest BCUT2D eigenvalue weighted by atomic mass is 32.2. The van der Waals surface area contributed by atoms with Crippen molar-refractivity contribution in [3.05, 3.63) is 48.5 Å². The molecule has 5 aliphatic rings. The summed E-state index contributed by atoms with van der Waals surface area (Å²) in [5.41, 5.74) is 3.95. The maximum absolute atomic E-state index is 14.1. The van der Waals surface area contributed by atoms with Crippen molar-refractivity contribution in [3.63, 3.8) is 0 Å². The van der Waals surface area contributed by atoms with Gasteiger partial charge in [-0.05, 0) is 113 Å². The minimum Gasteiger partial charge on any atom is -0.490 e. The van der Waals surface area contributed by atoms with E-state index in [1.165, 1.54) is 32.9 Å². The lowest BCUT2D eigenvalue weighted by Crippen LogP contribution is -2.63. The fourth-order valence-corrected chi connectivity index (χ4v) is 14.1. The van der Waals surface area contributed by atoms with E-state index in [2.05, 4.69) is 19.9 Å². The van der Waals surface area contributed by atoms with Crippen LogP contribution in [0.1, 0.15) is 70.6 Å². The second-order valence-corrected chi connectivity index (χ2v) is 23.4. The molecule has 2 amide bonds. The third-order valence-electron chi connectivity index (χ3n) is 14.1. The number of ether oxygens (including phenoxy) is 7. The van der Waals surface area contributed by atoms with E-state index in [1.807, 2.05) is 4.90 Å². The second kappa shape index (κ2) is 27.0. The smallest absolute Gasteiger partial charge is 0.490 e. The first-order valence-electron chi connectivity index (χ1n) is 25.0. The number of hydrogen-bond donors (Lipinski definition) is 3. The molecule has 0 aromatic heterocycles. The number of piperidine rings is 4. The molecule has 7 rings (SSSR count). The van der Waals surface area contributed by atoms with Crippen molar-refractivity contribution in [2.45, 2.75) is 111 Å². The van der Waals surface area contributed by atoms with Gasteiger partial charge in [0, 0.05) is 92.7 Å². The molecule has 1 unspecified atom stereocenters. The molecule has 0 spiro atoms. The summed E-state index contributed by atoms with van der Waals surface area (Å²) in [5.74, 6) is -1.68.